The number of aromatic nitrogens is 2. The molecule has 32 heavy (non-hydrogen) atoms. The number of nitrogens with zero attached hydrogens (tertiary/aromatic N) is 4. The summed E-state index contributed by atoms with van der Waals surface area (Å²) in [5.74, 6) is 1.72. The number of hydrogen-bond acceptors (Lipinski definition) is 5. The summed E-state index contributed by atoms with van der Waals surface area (Å²) in [6, 6.07) is 19.8. The van der Waals surface area contributed by atoms with Gasteiger partial charge in [0.15, 0.2) is 5.82 Å². The van der Waals surface area contributed by atoms with Crippen molar-refractivity contribution < 1.29 is 9.53 Å². The number of rotatable bonds is 7. The second kappa shape index (κ2) is 10.3. The third kappa shape index (κ3) is 5.25. The molecule has 6 heteroatoms. The first-order chi connectivity index (χ1) is 15.6. The van der Waals surface area contributed by atoms with Crippen LogP contribution in [0.2, 0.25) is 0 Å². The van der Waals surface area contributed by atoms with Crippen molar-refractivity contribution in [2.75, 3.05) is 37.7 Å². The highest BCUT2D eigenvalue weighted by molar-refractivity contribution is 5.94. The quantitative estimate of drug-likeness (QED) is 0.513. The molecule has 3 aromatic rings. The van der Waals surface area contributed by atoms with Gasteiger partial charge in [-0.15, -0.1) is 10.2 Å². The summed E-state index contributed by atoms with van der Waals surface area (Å²) in [6.45, 7) is 7.72. The molecule has 0 N–H and O–H groups in total. The lowest BCUT2D eigenvalue weighted by molar-refractivity contribution is 0.0746. The highest BCUT2D eigenvalue weighted by Crippen LogP contribution is 2.21. The molecule has 0 saturated carbocycles. The number of amides is 1. The van der Waals surface area contributed by atoms with Crippen LogP contribution in [-0.2, 0) is 0 Å². The van der Waals surface area contributed by atoms with Gasteiger partial charge in [-0.25, -0.2) is 0 Å². The van der Waals surface area contributed by atoms with Crippen molar-refractivity contribution >= 4 is 11.7 Å². The summed E-state index contributed by atoms with van der Waals surface area (Å²) >= 11 is 0. The summed E-state index contributed by atoms with van der Waals surface area (Å²) in [7, 11) is 0. The van der Waals surface area contributed by atoms with Crippen molar-refractivity contribution in [1.29, 1.82) is 0 Å². The number of carbonyl (C=O) groups is 1. The van der Waals surface area contributed by atoms with Gasteiger partial charge < -0.3 is 14.5 Å². The van der Waals surface area contributed by atoms with Crippen LogP contribution in [0.15, 0.2) is 60.7 Å². The maximum absolute atomic E-state index is 12.9. The smallest absolute Gasteiger partial charge is 0.253 e. The second-order valence-corrected chi connectivity index (χ2v) is 8.15. The van der Waals surface area contributed by atoms with Crippen LogP contribution in [0.4, 0.5) is 5.82 Å². The number of benzene rings is 2. The van der Waals surface area contributed by atoms with E-state index in [0.29, 0.717) is 25.3 Å². The van der Waals surface area contributed by atoms with Crippen molar-refractivity contribution in [3.05, 3.63) is 71.8 Å². The Morgan fingerprint density at radius 3 is 2.25 bits per heavy atom. The largest absolute Gasteiger partial charge is 0.494 e. The minimum atomic E-state index is 0.0607. The van der Waals surface area contributed by atoms with Gasteiger partial charge in [0.1, 0.15) is 5.75 Å². The molecule has 0 aliphatic carbocycles. The number of hydrogen-bond donors (Lipinski definition) is 0. The number of anilines is 1. The molecule has 1 aliphatic heterocycles. The molecule has 166 valence electrons. The molecule has 1 saturated heterocycles. The van der Waals surface area contributed by atoms with Gasteiger partial charge in [0.25, 0.3) is 5.91 Å². The first kappa shape index (κ1) is 21.8. The van der Waals surface area contributed by atoms with Crippen LogP contribution in [0.1, 0.15) is 35.7 Å². The Kier molecular flexibility index (Phi) is 7.00. The molecule has 1 aromatic heterocycles. The zero-order valence-electron chi connectivity index (χ0n) is 18.8. The fourth-order valence-electron chi connectivity index (χ4n) is 3.72. The number of piperazine rings is 1. The first-order valence-electron chi connectivity index (χ1n) is 11.3. The fourth-order valence-corrected chi connectivity index (χ4v) is 3.72. The van der Waals surface area contributed by atoms with Crippen LogP contribution in [0.3, 0.4) is 0 Å². The van der Waals surface area contributed by atoms with E-state index in [1.807, 2.05) is 41.3 Å². The molecule has 0 unspecified atom stereocenters. The lowest BCUT2D eigenvalue weighted by Gasteiger charge is -2.35. The average molecular weight is 431 g/mol. The van der Waals surface area contributed by atoms with Gasteiger partial charge in [0, 0.05) is 37.3 Å². The predicted octanol–water partition coefficient (Wildman–Crippen LogP) is 4.59. The summed E-state index contributed by atoms with van der Waals surface area (Å²) in [6.07, 6.45) is 2.13. The van der Waals surface area contributed by atoms with Crippen LogP contribution in [0, 0.1) is 6.92 Å². The Bertz CT molecular complexity index is 1010. The topological polar surface area (TPSA) is 58.6 Å². The van der Waals surface area contributed by atoms with Gasteiger partial charge in [-0.2, -0.15) is 0 Å². The van der Waals surface area contributed by atoms with Crippen LogP contribution >= 0.6 is 0 Å². The molecular weight excluding hydrogens is 400 g/mol. The lowest BCUT2D eigenvalue weighted by Crippen LogP contribution is -2.49. The highest BCUT2D eigenvalue weighted by Gasteiger charge is 2.23. The molecule has 0 radical (unpaired) electrons. The molecule has 0 bridgehead atoms. The van der Waals surface area contributed by atoms with Crippen LogP contribution in [0.25, 0.3) is 11.3 Å². The van der Waals surface area contributed by atoms with E-state index in [-0.39, 0.29) is 5.91 Å². The molecule has 1 fully saturated rings. The minimum Gasteiger partial charge on any atom is -0.494 e. The molecular formula is C26H30N4O2. The molecule has 0 atom stereocenters. The molecule has 2 heterocycles. The SMILES string of the molecule is CCCCOc1ccc(C(=O)N2CCN(c3ccc(-c4ccc(C)cc4)nn3)CC2)cc1. The van der Waals surface area contributed by atoms with Crippen molar-refractivity contribution in [2.24, 2.45) is 0 Å². The zero-order chi connectivity index (χ0) is 22.3. The highest BCUT2D eigenvalue weighted by atomic mass is 16.5. The molecule has 1 aliphatic rings. The van der Waals surface area contributed by atoms with Crippen LogP contribution < -0.4 is 9.64 Å². The van der Waals surface area contributed by atoms with Crippen molar-refractivity contribution in [3.63, 3.8) is 0 Å². The number of aryl methyl sites for hydroxylation is 1. The van der Waals surface area contributed by atoms with E-state index < -0.39 is 0 Å². The van der Waals surface area contributed by atoms with Gasteiger partial charge in [-0.1, -0.05) is 43.2 Å². The maximum Gasteiger partial charge on any atom is 0.253 e. The van der Waals surface area contributed by atoms with E-state index in [1.54, 1.807) is 0 Å². The number of ether oxygens (including phenoxy) is 1. The van der Waals surface area contributed by atoms with Crippen molar-refractivity contribution in [2.45, 2.75) is 26.7 Å². The summed E-state index contributed by atoms with van der Waals surface area (Å²) < 4.78 is 5.69. The Labute approximate surface area is 189 Å². The third-order valence-corrected chi connectivity index (χ3v) is 5.76. The van der Waals surface area contributed by atoms with Crippen LogP contribution in [0.5, 0.6) is 5.75 Å². The number of carbonyl (C=O) groups excluding carboxylic acids is 1. The molecule has 4 rings (SSSR count). The summed E-state index contributed by atoms with van der Waals surface area (Å²) in [5.41, 5.74) is 3.85. The normalized spacial score (nSPS) is 13.8. The minimum absolute atomic E-state index is 0.0607. The van der Waals surface area contributed by atoms with E-state index >= 15 is 0 Å². The Morgan fingerprint density at radius 2 is 1.62 bits per heavy atom. The summed E-state index contributed by atoms with van der Waals surface area (Å²) in [5, 5.41) is 8.83. The zero-order valence-corrected chi connectivity index (χ0v) is 18.8. The monoisotopic (exact) mass is 430 g/mol. The van der Waals surface area contributed by atoms with E-state index in [9.17, 15) is 4.79 Å². The lowest BCUT2D eigenvalue weighted by atomic mass is 10.1. The Balaban J connectivity index is 1.31. The van der Waals surface area contributed by atoms with Crippen molar-refractivity contribution in [1.82, 2.24) is 15.1 Å². The molecule has 2 aromatic carbocycles. The predicted molar refractivity (Wildman–Crippen MR) is 127 cm³/mol. The van der Waals surface area contributed by atoms with E-state index in [0.717, 1.165) is 48.8 Å². The maximum atomic E-state index is 12.9. The molecule has 0 spiro atoms. The first-order valence-corrected chi connectivity index (χ1v) is 11.3. The van der Waals surface area contributed by atoms with Crippen molar-refractivity contribution in [3.8, 4) is 17.0 Å². The summed E-state index contributed by atoms with van der Waals surface area (Å²) in [4.78, 5) is 17.0. The average Bonchev–Trinajstić information content (AvgIpc) is 2.85. The Morgan fingerprint density at radius 1 is 0.906 bits per heavy atom. The van der Waals surface area contributed by atoms with Gasteiger partial charge in [0.2, 0.25) is 0 Å². The standard InChI is InChI=1S/C26H30N4O2/c1-3-4-19-32-23-11-9-22(10-12-23)26(31)30-17-15-29(16-18-30)25-14-13-24(27-28-25)21-7-5-20(2)6-8-21/h5-14H,3-4,15-19H2,1-2H3. The second-order valence-electron chi connectivity index (χ2n) is 8.15. The van der Waals surface area contributed by atoms with E-state index in [2.05, 4.69) is 53.2 Å². The van der Waals surface area contributed by atoms with Gasteiger partial charge in [0.05, 0.1) is 12.3 Å². The van der Waals surface area contributed by atoms with E-state index in [1.165, 1.54) is 5.56 Å². The van der Waals surface area contributed by atoms with Gasteiger partial charge in [-0.05, 0) is 49.7 Å². The van der Waals surface area contributed by atoms with Gasteiger partial charge >= 0.3 is 0 Å². The Hall–Kier alpha value is -3.41. The van der Waals surface area contributed by atoms with Gasteiger partial charge in [-0.3, -0.25) is 4.79 Å². The van der Waals surface area contributed by atoms with E-state index in [4.69, 9.17) is 4.74 Å². The fraction of sp³-hybridized carbons (Fsp3) is 0.346. The third-order valence-electron chi connectivity index (χ3n) is 5.76. The number of unbranched alkanes of at least 4 members (excludes halogenated alkanes) is 1. The van der Waals surface area contributed by atoms with Crippen LogP contribution in [-0.4, -0.2) is 53.8 Å². The molecule has 6 nitrogen and oxygen atoms in total. The molecule has 1 amide bonds.